The molecule has 0 saturated heterocycles. The third-order valence-corrected chi connectivity index (χ3v) is 5.53. The fourth-order valence-electron chi connectivity index (χ4n) is 2.84. The number of thioether (sulfide) groups is 1. The molecule has 0 radical (unpaired) electrons. The Kier molecular flexibility index (Phi) is 6.88. The van der Waals surface area contributed by atoms with Gasteiger partial charge in [0.25, 0.3) is 5.56 Å². The minimum Gasteiger partial charge on any atom is -0.385 e. The maximum absolute atomic E-state index is 12.7. The lowest BCUT2D eigenvalue weighted by Crippen LogP contribution is -2.25. The molecule has 0 aliphatic rings. The van der Waals surface area contributed by atoms with Crippen LogP contribution >= 0.6 is 11.8 Å². The van der Waals surface area contributed by atoms with E-state index in [1.54, 1.807) is 35.8 Å². The van der Waals surface area contributed by atoms with Crippen LogP contribution in [0.1, 0.15) is 18.1 Å². The Balaban J connectivity index is 1.77. The number of nitriles is 1. The number of nitrogens with two attached hydrogens (primary N) is 1. The van der Waals surface area contributed by atoms with Crippen molar-refractivity contribution in [2.45, 2.75) is 30.3 Å². The van der Waals surface area contributed by atoms with Gasteiger partial charge in [-0.25, -0.2) is 0 Å². The second kappa shape index (κ2) is 9.76. The van der Waals surface area contributed by atoms with E-state index in [0.29, 0.717) is 35.2 Å². The second-order valence-electron chi connectivity index (χ2n) is 6.60. The van der Waals surface area contributed by atoms with Crippen molar-refractivity contribution in [1.29, 1.82) is 5.26 Å². The molecule has 152 valence electrons. The molecule has 0 saturated carbocycles. The molecule has 2 aromatic carbocycles. The zero-order valence-corrected chi connectivity index (χ0v) is 17.2. The number of nitrogen functional groups attached to an aromatic ring is 1. The first-order valence-electron chi connectivity index (χ1n) is 9.36. The van der Waals surface area contributed by atoms with E-state index in [2.05, 4.69) is 16.4 Å². The Hall–Kier alpha value is -3.57. The van der Waals surface area contributed by atoms with Gasteiger partial charge in [-0.05, 0) is 31.0 Å². The van der Waals surface area contributed by atoms with Crippen LogP contribution in [0.15, 0.2) is 70.6 Å². The second-order valence-corrected chi connectivity index (χ2v) is 7.90. The summed E-state index contributed by atoms with van der Waals surface area (Å²) in [6.45, 7) is 2.24. The molecule has 3 aromatic rings. The SMILES string of the molecule is C[C@@H](Sc1nc(=O)cc(N)n1CCc1ccccc1)C(=O)Nc1ccccc1C#N. The molecule has 3 N–H and O–H groups in total. The van der Waals surface area contributed by atoms with E-state index in [-0.39, 0.29) is 5.91 Å². The first-order valence-corrected chi connectivity index (χ1v) is 10.2. The average Bonchev–Trinajstić information content (AvgIpc) is 2.74. The van der Waals surface area contributed by atoms with Gasteiger partial charge in [0.05, 0.1) is 16.5 Å². The number of nitrogens with one attached hydrogen (secondary N) is 1. The maximum Gasteiger partial charge on any atom is 0.275 e. The number of benzene rings is 2. The Morgan fingerprint density at radius 2 is 1.93 bits per heavy atom. The van der Waals surface area contributed by atoms with Crippen molar-refractivity contribution in [3.8, 4) is 6.07 Å². The van der Waals surface area contributed by atoms with E-state index in [0.717, 1.165) is 17.3 Å². The minimum atomic E-state index is -0.562. The molecule has 1 amide bonds. The quantitative estimate of drug-likeness (QED) is 0.449. The number of anilines is 2. The van der Waals surface area contributed by atoms with Gasteiger partial charge >= 0.3 is 0 Å². The lowest BCUT2D eigenvalue weighted by atomic mass is 10.1. The summed E-state index contributed by atoms with van der Waals surface area (Å²) in [5.74, 6) is 0.00449. The molecule has 0 unspecified atom stereocenters. The Morgan fingerprint density at radius 1 is 1.23 bits per heavy atom. The number of carbonyl (C=O) groups is 1. The van der Waals surface area contributed by atoms with Crippen molar-refractivity contribution in [3.63, 3.8) is 0 Å². The van der Waals surface area contributed by atoms with Gasteiger partial charge < -0.3 is 15.6 Å². The standard InChI is InChI=1S/C22H21N5O2S/c1-15(21(29)25-18-10-6-5-9-17(18)14-23)30-22-26-20(28)13-19(24)27(22)12-11-16-7-3-2-4-8-16/h2-10,13,15H,11-12,24H2,1H3,(H,25,29)/t15-/m1/s1. The minimum absolute atomic E-state index is 0.297. The predicted molar refractivity (Wildman–Crippen MR) is 118 cm³/mol. The molecule has 0 bridgehead atoms. The fraction of sp³-hybridized carbons (Fsp3) is 0.182. The van der Waals surface area contributed by atoms with Gasteiger partial charge in [-0.1, -0.05) is 54.2 Å². The van der Waals surface area contributed by atoms with Crippen LogP contribution in [0.2, 0.25) is 0 Å². The Bertz CT molecular complexity index is 1140. The molecule has 7 nitrogen and oxygen atoms in total. The number of amides is 1. The van der Waals surface area contributed by atoms with Crippen LogP contribution in [0.3, 0.4) is 0 Å². The smallest absolute Gasteiger partial charge is 0.275 e. The summed E-state index contributed by atoms with van der Waals surface area (Å²) in [6.07, 6.45) is 0.708. The topological polar surface area (TPSA) is 114 Å². The lowest BCUT2D eigenvalue weighted by Gasteiger charge is -2.17. The van der Waals surface area contributed by atoms with Gasteiger partial charge in [0.2, 0.25) is 5.91 Å². The van der Waals surface area contributed by atoms with Gasteiger partial charge in [0.15, 0.2) is 5.16 Å². The van der Waals surface area contributed by atoms with Crippen molar-refractivity contribution in [2.24, 2.45) is 0 Å². The van der Waals surface area contributed by atoms with E-state index >= 15 is 0 Å². The van der Waals surface area contributed by atoms with E-state index in [1.165, 1.54) is 6.07 Å². The zero-order valence-electron chi connectivity index (χ0n) is 16.4. The third kappa shape index (κ3) is 5.27. The number of aryl methyl sites for hydroxylation is 1. The highest BCUT2D eigenvalue weighted by Gasteiger charge is 2.19. The number of hydrogen-bond donors (Lipinski definition) is 2. The van der Waals surface area contributed by atoms with Gasteiger partial charge in [-0.3, -0.25) is 9.59 Å². The number of hydrogen-bond acceptors (Lipinski definition) is 6. The van der Waals surface area contributed by atoms with Crippen molar-refractivity contribution in [3.05, 3.63) is 82.1 Å². The Morgan fingerprint density at radius 3 is 2.67 bits per heavy atom. The van der Waals surface area contributed by atoms with E-state index in [4.69, 9.17) is 5.73 Å². The van der Waals surface area contributed by atoms with Gasteiger partial charge in [-0.15, -0.1) is 0 Å². The number of para-hydroxylation sites is 1. The molecule has 1 heterocycles. The highest BCUT2D eigenvalue weighted by molar-refractivity contribution is 8.00. The number of carbonyl (C=O) groups excluding carboxylic acids is 1. The molecule has 0 aliphatic carbocycles. The van der Waals surface area contributed by atoms with E-state index in [9.17, 15) is 14.9 Å². The molecule has 1 atom stereocenters. The molecule has 0 aliphatic heterocycles. The first kappa shape index (κ1) is 21.1. The number of rotatable bonds is 7. The average molecular weight is 420 g/mol. The van der Waals surface area contributed by atoms with Gasteiger partial charge in [-0.2, -0.15) is 10.2 Å². The molecule has 30 heavy (non-hydrogen) atoms. The molecule has 0 fully saturated rings. The highest BCUT2D eigenvalue weighted by atomic mass is 32.2. The summed E-state index contributed by atoms with van der Waals surface area (Å²) in [5.41, 5.74) is 7.58. The molecular formula is C22H21N5O2S. The molecular weight excluding hydrogens is 398 g/mol. The van der Waals surface area contributed by atoms with Crippen molar-refractivity contribution >= 4 is 29.2 Å². The normalized spacial score (nSPS) is 11.5. The van der Waals surface area contributed by atoms with E-state index < -0.39 is 10.8 Å². The van der Waals surface area contributed by atoms with Crippen LogP contribution in [0.4, 0.5) is 11.5 Å². The van der Waals surface area contributed by atoms with Crippen LogP contribution in [-0.4, -0.2) is 20.7 Å². The summed E-state index contributed by atoms with van der Waals surface area (Å²) in [4.78, 5) is 28.6. The monoisotopic (exact) mass is 419 g/mol. The van der Waals surface area contributed by atoms with Crippen LogP contribution in [0, 0.1) is 11.3 Å². The summed E-state index contributed by atoms with van der Waals surface area (Å²) in [5, 5.41) is 11.8. The van der Waals surface area contributed by atoms with Gasteiger partial charge in [0.1, 0.15) is 11.9 Å². The molecule has 3 rings (SSSR count). The Labute approximate surface area is 178 Å². The summed E-state index contributed by atoms with van der Waals surface area (Å²) < 4.78 is 1.74. The van der Waals surface area contributed by atoms with Crippen LogP contribution in [0.5, 0.6) is 0 Å². The first-order chi connectivity index (χ1) is 14.5. The predicted octanol–water partition coefficient (Wildman–Crippen LogP) is 3.06. The van der Waals surface area contributed by atoms with Crippen LogP contribution in [0.25, 0.3) is 0 Å². The van der Waals surface area contributed by atoms with E-state index in [1.807, 2.05) is 30.3 Å². The lowest BCUT2D eigenvalue weighted by molar-refractivity contribution is -0.115. The van der Waals surface area contributed by atoms with Crippen molar-refractivity contribution < 1.29 is 4.79 Å². The summed E-state index contributed by atoms with van der Waals surface area (Å²) in [6, 6.07) is 20.0. The maximum atomic E-state index is 12.7. The zero-order chi connectivity index (χ0) is 21.5. The third-order valence-electron chi connectivity index (χ3n) is 4.44. The molecule has 0 spiro atoms. The summed E-state index contributed by atoms with van der Waals surface area (Å²) in [7, 11) is 0. The highest BCUT2D eigenvalue weighted by Crippen LogP contribution is 2.24. The summed E-state index contributed by atoms with van der Waals surface area (Å²) >= 11 is 1.15. The van der Waals surface area contributed by atoms with Crippen molar-refractivity contribution in [1.82, 2.24) is 9.55 Å². The number of nitrogens with zero attached hydrogens (tertiary/aromatic N) is 3. The van der Waals surface area contributed by atoms with Crippen LogP contribution < -0.4 is 16.6 Å². The van der Waals surface area contributed by atoms with Gasteiger partial charge in [0, 0.05) is 12.6 Å². The van der Waals surface area contributed by atoms with Crippen LogP contribution in [-0.2, 0) is 17.8 Å². The number of aromatic nitrogens is 2. The molecule has 1 aromatic heterocycles. The van der Waals surface area contributed by atoms with Crippen molar-refractivity contribution in [2.75, 3.05) is 11.1 Å². The molecule has 8 heteroatoms. The fourth-order valence-corrected chi connectivity index (χ4v) is 3.79. The largest absolute Gasteiger partial charge is 0.385 e.